The number of rotatable bonds is 1. The van der Waals surface area contributed by atoms with Crippen molar-refractivity contribution < 1.29 is 13.9 Å². The van der Waals surface area contributed by atoms with Crippen LogP contribution in [0.4, 0.5) is 4.39 Å². The van der Waals surface area contributed by atoms with Crippen LogP contribution in [0.5, 0.6) is 0 Å². The van der Waals surface area contributed by atoms with Crippen molar-refractivity contribution in [3.8, 4) is 0 Å². The van der Waals surface area contributed by atoms with Crippen LogP contribution in [-0.4, -0.2) is 23.8 Å². The summed E-state index contributed by atoms with van der Waals surface area (Å²) < 4.78 is 18.0. The van der Waals surface area contributed by atoms with Crippen molar-refractivity contribution in [3.05, 3.63) is 71.5 Å². The number of cyclic esters (lactones) is 1. The Kier molecular flexibility index (Phi) is 2.95. The first-order valence-corrected chi connectivity index (χ1v) is 6.04. The number of benzene rings is 1. The zero-order valence-electron chi connectivity index (χ0n) is 10.7. The van der Waals surface area contributed by atoms with Gasteiger partial charge in [0, 0.05) is 18.8 Å². The van der Waals surface area contributed by atoms with Crippen LogP contribution in [0.15, 0.2) is 65.1 Å². The van der Waals surface area contributed by atoms with Gasteiger partial charge in [0.2, 0.25) is 5.90 Å². The summed E-state index contributed by atoms with van der Waals surface area (Å²) in [6.07, 6.45) is 7.28. The van der Waals surface area contributed by atoms with Gasteiger partial charge in [0.05, 0.1) is 5.70 Å². The first-order valence-electron chi connectivity index (χ1n) is 6.04. The number of carbonyl (C=O) groups excluding carboxylic acids is 1. The van der Waals surface area contributed by atoms with Gasteiger partial charge >= 0.3 is 5.97 Å². The number of halogens is 1. The minimum atomic E-state index is -0.508. The van der Waals surface area contributed by atoms with E-state index in [9.17, 15) is 9.18 Å². The largest absolute Gasteiger partial charge is 0.402 e. The lowest BCUT2D eigenvalue weighted by Crippen LogP contribution is -2.15. The lowest BCUT2D eigenvalue weighted by molar-refractivity contribution is -0.130. The van der Waals surface area contributed by atoms with E-state index in [0.29, 0.717) is 11.3 Å². The van der Waals surface area contributed by atoms with Gasteiger partial charge in [-0.2, -0.15) is 0 Å². The van der Waals surface area contributed by atoms with Gasteiger partial charge in [0.1, 0.15) is 5.82 Å². The zero-order chi connectivity index (χ0) is 14.1. The number of ether oxygens (including phenoxy) is 1. The molecule has 0 amide bonds. The molecule has 0 spiro atoms. The second-order valence-electron chi connectivity index (χ2n) is 4.36. The Morgan fingerprint density at radius 1 is 1.20 bits per heavy atom. The van der Waals surface area contributed by atoms with Crippen molar-refractivity contribution in [2.45, 2.75) is 0 Å². The van der Waals surface area contributed by atoms with Crippen LogP contribution in [0, 0.1) is 5.82 Å². The normalized spacial score (nSPS) is 21.2. The minimum absolute atomic E-state index is 0.189. The van der Waals surface area contributed by atoms with Gasteiger partial charge in [-0.25, -0.2) is 14.2 Å². The molecule has 2 aliphatic heterocycles. The fourth-order valence-electron chi connectivity index (χ4n) is 1.95. The third kappa shape index (κ3) is 2.14. The van der Waals surface area contributed by atoms with Gasteiger partial charge in [-0.1, -0.05) is 6.08 Å². The Hall–Kier alpha value is -2.69. The van der Waals surface area contributed by atoms with Gasteiger partial charge in [-0.15, -0.1) is 0 Å². The molecule has 0 radical (unpaired) electrons. The summed E-state index contributed by atoms with van der Waals surface area (Å²) >= 11 is 0. The van der Waals surface area contributed by atoms with Crippen LogP contribution in [-0.2, 0) is 9.53 Å². The molecule has 2 aliphatic rings. The molecule has 5 heteroatoms. The molecule has 0 saturated heterocycles. The van der Waals surface area contributed by atoms with Crippen LogP contribution in [0.3, 0.4) is 0 Å². The van der Waals surface area contributed by atoms with Crippen molar-refractivity contribution in [2.24, 2.45) is 4.99 Å². The summed E-state index contributed by atoms with van der Waals surface area (Å²) in [6.45, 7) is 0. The third-order valence-electron chi connectivity index (χ3n) is 2.98. The Bertz CT molecular complexity index is 684. The summed E-state index contributed by atoms with van der Waals surface area (Å²) in [4.78, 5) is 17.9. The Morgan fingerprint density at radius 2 is 1.95 bits per heavy atom. The summed E-state index contributed by atoms with van der Waals surface area (Å²) in [5, 5.41) is 0. The lowest BCUT2D eigenvalue weighted by Gasteiger charge is -2.17. The molecule has 1 aromatic rings. The second-order valence-corrected chi connectivity index (χ2v) is 4.36. The van der Waals surface area contributed by atoms with Crippen molar-refractivity contribution in [2.75, 3.05) is 7.05 Å². The molecule has 3 rings (SSSR count). The van der Waals surface area contributed by atoms with Crippen LogP contribution in [0.2, 0.25) is 0 Å². The summed E-state index contributed by atoms with van der Waals surface area (Å²) in [7, 11) is 1.82. The van der Waals surface area contributed by atoms with Gasteiger partial charge < -0.3 is 9.64 Å². The molecule has 4 nitrogen and oxygen atoms in total. The van der Waals surface area contributed by atoms with Crippen LogP contribution in [0.25, 0.3) is 0 Å². The zero-order valence-corrected chi connectivity index (χ0v) is 10.7. The van der Waals surface area contributed by atoms with E-state index >= 15 is 0 Å². The second kappa shape index (κ2) is 4.77. The molecule has 2 heterocycles. The SMILES string of the molecule is CN1C=CC=CC1=C1N=C(c2ccc(F)cc2)OC1=O. The number of hydrogen-bond donors (Lipinski definition) is 0. The molecule has 0 atom stereocenters. The molecule has 20 heavy (non-hydrogen) atoms. The number of carbonyl (C=O) groups is 1. The fourth-order valence-corrected chi connectivity index (χ4v) is 1.95. The predicted octanol–water partition coefficient (Wildman–Crippen LogP) is 2.36. The third-order valence-corrected chi connectivity index (χ3v) is 2.98. The predicted molar refractivity (Wildman–Crippen MR) is 72.1 cm³/mol. The van der Waals surface area contributed by atoms with E-state index in [2.05, 4.69) is 4.99 Å². The van der Waals surface area contributed by atoms with E-state index in [-0.39, 0.29) is 17.4 Å². The quantitative estimate of drug-likeness (QED) is 0.581. The molecule has 0 N–H and O–H groups in total. The van der Waals surface area contributed by atoms with Crippen molar-refractivity contribution >= 4 is 11.9 Å². The molecular weight excluding hydrogens is 259 g/mol. The number of likely N-dealkylation sites (N-methyl/N-ethyl adjacent to an activating group) is 1. The van der Waals surface area contributed by atoms with Gasteiger partial charge in [0.25, 0.3) is 0 Å². The van der Waals surface area contributed by atoms with E-state index in [1.807, 2.05) is 25.4 Å². The Morgan fingerprint density at radius 3 is 2.65 bits per heavy atom. The van der Waals surface area contributed by atoms with E-state index in [1.54, 1.807) is 11.0 Å². The van der Waals surface area contributed by atoms with E-state index in [1.165, 1.54) is 24.3 Å². The Labute approximate surface area is 115 Å². The lowest BCUT2D eigenvalue weighted by atomic mass is 10.2. The maximum Gasteiger partial charge on any atom is 0.366 e. The van der Waals surface area contributed by atoms with Gasteiger partial charge in [0.15, 0.2) is 5.70 Å². The van der Waals surface area contributed by atoms with E-state index < -0.39 is 5.97 Å². The molecule has 0 aliphatic carbocycles. The number of esters is 1. The molecule has 0 fully saturated rings. The molecule has 0 saturated carbocycles. The summed E-state index contributed by atoms with van der Waals surface area (Å²) in [5.74, 6) is -0.669. The first kappa shape index (κ1) is 12.3. The van der Waals surface area contributed by atoms with Crippen LogP contribution >= 0.6 is 0 Å². The standard InChI is InChI=1S/C15H11FN2O2/c1-18-9-3-2-4-12(18)13-15(19)20-14(17-13)10-5-7-11(16)8-6-10/h2-9H,1H3. The number of hydrogen-bond acceptors (Lipinski definition) is 4. The summed E-state index contributed by atoms with van der Waals surface area (Å²) in [5.41, 5.74) is 1.47. The molecule has 0 aromatic heterocycles. The highest BCUT2D eigenvalue weighted by Crippen LogP contribution is 2.23. The smallest absolute Gasteiger partial charge is 0.366 e. The highest BCUT2D eigenvalue weighted by molar-refractivity contribution is 6.11. The first-order chi connectivity index (χ1) is 9.65. The monoisotopic (exact) mass is 270 g/mol. The van der Waals surface area contributed by atoms with Crippen LogP contribution in [0.1, 0.15) is 5.56 Å². The minimum Gasteiger partial charge on any atom is -0.402 e. The number of allylic oxidation sites excluding steroid dienone is 3. The average Bonchev–Trinajstić information content (AvgIpc) is 2.82. The highest BCUT2D eigenvalue weighted by Gasteiger charge is 2.28. The van der Waals surface area contributed by atoms with Crippen LogP contribution < -0.4 is 0 Å². The van der Waals surface area contributed by atoms with Gasteiger partial charge in [-0.05, 0) is 36.4 Å². The number of aliphatic imine (C=N–C) groups is 1. The van der Waals surface area contributed by atoms with E-state index in [4.69, 9.17) is 4.74 Å². The van der Waals surface area contributed by atoms with Crippen molar-refractivity contribution in [1.82, 2.24) is 4.90 Å². The topological polar surface area (TPSA) is 41.9 Å². The number of nitrogens with zero attached hydrogens (tertiary/aromatic N) is 2. The van der Waals surface area contributed by atoms with E-state index in [0.717, 1.165) is 0 Å². The van der Waals surface area contributed by atoms with Crippen molar-refractivity contribution in [1.29, 1.82) is 0 Å². The fraction of sp³-hybridized carbons (Fsp3) is 0.0667. The average molecular weight is 270 g/mol. The molecule has 100 valence electrons. The summed E-state index contributed by atoms with van der Waals surface area (Å²) in [6, 6.07) is 5.64. The Balaban J connectivity index is 2.01. The van der Waals surface area contributed by atoms with Gasteiger partial charge in [-0.3, -0.25) is 0 Å². The molecule has 0 bridgehead atoms. The molecule has 0 unspecified atom stereocenters. The maximum atomic E-state index is 12.9. The molecular formula is C15H11FN2O2. The maximum absolute atomic E-state index is 12.9. The molecule has 1 aromatic carbocycles. The van der Waals surface area contributed by atoms with Crippen molar-refractivity contribution in [3.63, 3.8) is 0 Å². The highest BCUT2D eigenvalue weighted by atomic mass is 19.1.